The summed E-state index contributed by atoms with van der Waals surface area (Å²) in [6.45, 7) is 2.64. The highest BCUT2D eigenvalue weighted by atomic mass is 35.5. The predicted octanol–water partition coefficient (Wildman–Crippen LogP) is 4.46. The lowest BCUT2D eigenvalue weighted by Gasteiger charge is -2.17. The summed E-state index contributed by atoms with van der Waals surface area (Å²) in [7, 11) is 0. The van der Waals surface area contributed by atoms with Gasteiger partial charge in [-0.2, -0.15) is 0 Å². The van der Waals surface area contributed by atoms with E-state index in [4.69, 9.17) is 11.6 Å². The van der Waals surface area contributed by atoms with Crippen molar-refractivity contribution in [2.75, 3.05) is 0 Å². The molecular weight excluding hydrogens is 294 g/mol. The number of halogens is 1. The molecule has 2 nitrogen and oxygen atoms in total. The van der Waals surface area contributed by atoms with Gasteiger partial charge in [-0.3, -0.25) is 4.79 Å². The molecular formula is C19H20ClNO. The van der Waals surface area contributed by atoms with Gasteiger partial charge in [0.2, 0.25) is 5.91 Å². The molecule has 0 aliphatic heterocycles. The minimum atomic E-state index is -0.0536. The van der Waals surface area contributed by atoms with Crippen LogP contribution >= 0.6 is 11.6 Å². The van der Waals surface area contributed by atoms with Gasteiger partial charge in [0.05, 0.1) is 5.92 Å². The van der Waals surface area contributed by atoms with E-state index in [1.807, 2.05) is 36.4 Å². The molecule has 1 N–H and O–H groups in total. The molecule has 2 aromatic rings. The quantitative estimate of drug-likeness (QED) is 0.867. The summed E-state index contributed by atoms with van der Waals surface area (Å²) in [5.74, 6) is 0.534. The normalized spacial score (nSPS) is 15.4. The molecule has 0 radical (unpaired) electrons. The molecule has 0 heterocycles. The Morgan fingerprint density at radius 3 is 2.59 bits per heavy atom. The van der Waals surface area contributed by atoms with Crippen LogP contribution in [0.5, 0.6) is 0 Å². The van der Waals surface area contributed by atoms with Gasteiger partial charge in [0, 0.05) is 11.6 Å². The minimum Gasteiger partial charge on any atom is -0.351 e. The molecule has 22 heavy (non-hydrogen) atoms. The van der Waals surface area contributed by atoms with Crippen LogP contribution in [0.4, 0.5) is 0 Å². The number of carbonyl (C=O) groups excluding carboxylic acids is 1. The van der Waals surface area contributed by atoms with Gasteiger partial charge in [0.25, 0.3) is 0 Å². The van der Waals surface area contributed by atoms with Crippen molar-refractivity contribution in [1.82, 2.24) is 5.32 Å². The highest BCUT2D eigenvalue weighted by Crippen LogP contribution is 2.43. The van der Waals surface area contributed by atoms with Crippen molar-refractivity contribution >= 4 is 17.5 Å². The van der Waals surface area contributed by atoms with Crippen LogP contribution in [0.2, 0.25) is 5.02 Å². The fourth-order valence-corrected chi connectivity index (χ4v) is 2.98. The third-order valence-corrected chi connectivity index (χ3v) is 4.41. The van der Waals surface area contributed by atoms with Gasteiger partial charge in [0.1, 0.15) is 0 Å². The number of hydrogen-bond acceptors (Lipinski definition) is 1. The van der Waals surface area contributed by atoms with Gasteiger partial charge in [-0.25, -0.2) is 0 Å². The first kappa shape index (κ1) is 15.1. The summed E-state index contributed by atoms with van der Waals surface area (Å²) < 4.78 is 0. The van der Waals surface area contributed by atoms with E-state index in [0.29, 0.717) is 17.5 Å². The van der Waals surface area contributed by atoms with Crippen LogP contribution in [0, 0.1) is 12.8 Å². The predicted molar refractivity (Wildman–Crippen MR) is 89.9 cm³/mol. The third-order valence-electron chi connectivity index (χ3n) is 4.15. The Morgan fingerprint density at radius 1 is 1.23 bits per heavy atom. The number of aryl methyl sites for hydroxylation is 1. The fourth-order valence-electron chi connectivity index (χ4n) is 2.86. The summed E-state index contributed by atoms with van der Waals surface area (Å²) in [6, 6.07) is 15.9. The Bertz CT molecular complexity index is 661. The summed E-state index contributed by atoms with van der Waals surface area (Å²) in [4.78, 5) is 12.6. The molecule has 3 rings (SSSR count). The van der Waals surface area contributed by atoms with Gasteiger partial charge in [-0.15, -0.1) is 0 Å². The van der Waals surface area contributed by atoms with Crippen LogP contribution < -0.4 is 5.32 Å². The zero-order valence-corrected chi connectivity index (χ0v) is 13.4. The first-order chi connectivity index (χ1) is 10.6. The second-order valence-electron chi connectivity index (χ2n) is 6.07. The number of nitrogens with one attached hydrogen (secondary N) is 1. The average Bonchev–Trinajstić information content (AvgIpc) is 3.32. The smallest absolute Gasteiger partial charge is 0.228 e. The van der Waals surface area contributed by atoms with Crippen LogP contribution in [0.1, 0.15) is 35.4 Å². The molecule has 1 aliphatic carbocycles. The maximum atomic E-state index is 12.6. The van der Waals surface area contributed by atoms with Crippen LogP contribution in [0.15, 0.2) is 48.5 Å². The zero-order valence-electron chi connectivity index (χ0n) is 12.7. The van der Waals surface area contributed by atoms with Gasteiger partial charge in [0.15, 0.2) is 0 Å². The summed E-state index contributed by atoms with van der Waals surface area (Å²) in [5.41, 5.74) is 3.41. The van der Waals surface area contributed by atoms with Crippen molar-refractivity contribution in [2.24, 2.45) is 5.92 Å². The lowest BCUT2D eigenvalue weighted by atomic mass is 9.93. The van der Waals surface area contributed by atoms with E-state index >= 15 is 0 Å². The molecule has 1 atom stereocenters. The molecule has 0 bridgehead atoms. The standard InChI is InChI=1S/C19H20ClNO/c1-13-3-2-4-14(11-13)12-21-19(22)18(15-5-6-15)16-7-9-17(20)10-8-16/h2-4,7-11,15,18H,5-6,12H2,1H3,(H,21,22). The number of benzene rings is 2. The SMILES string of the molecule is Cc1cccc(CNC(=O)C(c2ccc(Cl)cc2)C2CC2)c1. The first-order valence-corrected chi connectivity index (χ1v) is 8.10. The molecule has 1 unspecified atom stereocenters. The second kappa shape index (κ2) is 6.53. The Hall–Kier alpha value is -1.80. The van der Waals surface area contributed by atoms with E-state index in [0.717, 1.165) is 24.0 Å². The summed E-state index contributed by atoms with van der Waals surface area (Å²) in [6.07, 6.45) is 2.26. The molecule has 2 aromatic carbocycles. The topological polar surface area (TPSA) is 29.1 Å². The van der Waals surface area contributed by atoms with Crippen LogP contribution in [0.3, 0.4) is 0 Å². The molecule has 1 amide bonds. The van der Waals surface area contributed by atoms with Crippen molar-refractivity contribution in [3.63, 3.8) is 0 Å². The van der Waals surface area contributed by atoms with Crippen molar-refractivity contribution in [2.45, 2.75) is 32.2 Å². The van der Waals surface area contributed by atoms with Crippen molar-refractivity contribution in [1.29, 1.82) is 0 Å². The molecule has 1 aliphatic rings. The number of amides is 1. The molecule has 3 heteroatoms. The van der Waals surface area contributed by atoms with E-state index in [-0.39, 0.29) is 11.8 Å². The molecule has 0 spiro atoms. The van der Waals surface area contributed by atoms with Crippen molar-refractivity contribution in [3.05, 3.63) is 70.2 Å². The van der Waals surface area contributed by atoms with Crippen molar-refractivity contribution in [3.8, 4) is 0 Å². The maximum Gasteiger partial charge on any atom is 0.228 e. The molecule has 114 valence electrons. The van der Waals surface area contributed by atoms with Gasteiger partial charge >= 0.3 is 0 Å². The first-order valence-electron chi connectivity index (χ1n) is 7.72. The number of rotatable bonds is 5. The number of carbonyl (C=O) groups is 1. The van der Waals surface area contributed by atoms with Crippen LogP contribution in [-0.4, -0.2) is 5.91 Å². The Labute approximate surface area is 136 Å². The third kappa shape index (κ3) is 3.69. The molecule has 0 saturated heterocycles. The fraction of sp³-hybridized carbons (Fsp3) is 0.316. The van der Waals surface area contributed by atoms with E-state index in [9.17, 15) is 4.79 Å². The zero-order chi connectivity index (χ0) is 15.5. The lowest BCUT2D eigenvalue weighted by Crippen LogP contribution is -2.30. The second-order valence-corrected chi connectivity index (χ2v) is 6.51. The lowest BCUT2D eigenvalue weighted by molar-refractivity contribution is -0.123. The number of hydrogen-bond donors (Lipinski definition) is 1. The molecule has 1 fully saturated rings. The summed E-state index contributed by atoms with van der Waals surface area (Å²) >= 11 is 5.95. The summed E-state index contributed by atoms with van der Waals surface area (Å²) in [5, 5.41) is 3.80. The van der Waals surface area contributed by atoms with Gasteiger partial charge < -0.3 is 5.32 Å². The highest BCUT2D eigenvalue weighted by Gasteiger charge is 2.37. The van der Waals surface area contributed by atoms with E-state index in [1.54, 1.807) is 0 Å². The van der Waals surface area contributed by atoms with Gasteiger partial charge in [-0.1, -0.05) is 53.6 Å². The Kier molecular flexibility index (Phi) is 4.49. The largest absolute Gasteiger partial charge is 0.351 e. The van der Waals surface area contributed by atoms with Crippen LogP contribution in [-0.2, 0) is 11.3 Å². The van der Waals surface area contributed by atoms with Crippen molar-refractivity contribution < 1.29 is 4.79 Å². The van der Waals surface area contributed by atoms with E-state index in [2.05, 4.69) is 24.4 Å². The Balaban J connectivity index is 1.69. The maximum absolute atomic E-state index is 12.6. The highest BCUT2D eigenvalue weighted by molar-refractivity contribution is 6.30. The Morgan fingerprint density at radius 2 is 1.95 bits per heavy atom. The van der Waals surface area contributed by atoms with Gasteiger partial charge in [-0.05, 0) is 48.9 Å². The van der Waals surface area contributed by atoms with E-state index < -0.39 is 0 Å². The minimum absolute atomic E-state index is 0.0536. The molecule has 1 saturated carbocycles. The average molecular weight is 314 g/mol. The molecule has 0 aromatic heterocycles. The monoisotopic (exact) mass is 313 g/mol. The van der Waals surface area contributed by atoms with Crippen LogP contribution in [0.25, 0.3) is 0 Å². The van der Waals surface area contributed by atoms with E-state index in [1.165, 1.54) is 5.56 Å².